The third-order valence-electron chi connectivity index (χ3n) is 2.90. The van der Waals surface area contributed by atoms with Crippen LogP contribution in [0.3, 0.4) is 0 Å². The number of benzene rings is 1. The van der Waals surface area contributed by atoms with Crippen LogP contribution in [0.5, 0.6) is 0 Å². The minimum absolute atomic E-state index is 0. The maximum Gasteiger partial charge on any atom is 0.193 e. The number of guanidine groups is 1. The average Bonchev–Trinajstić information content (AvgIpc) is 2.33. The molecule has 20 heavy (non-hydrogen) atoms. The van der Waals surface area contributed by atoms with Gasteiger partial charge in [-0.1, -0.05) is 13.0 Å². The molecule has 0 amide bonds. The second-order valence-electron chi connectivity index (χ2n) is 4.43. The molecule has 114 valence electrons. The topological polar surface area (TPSA) is 84.5 Å². The van der Waals surface area contributed by atoms with Gasteiger partial charge in [-0.15, -0.1) is 24.0 Å². The smallest absolute Gasteiger partial charge is 0.193 e. The Kier molecular flexibility index (Phi) is 8.10. The number of sulfone groups is 1. The molecule has 1 rings (SSSR count). The molecule has 0 saturated carbocycles. The summed E-state index contributed by atoms with van der Waals surface area (Å²) in [6.45, 7) is 5.85. The van der Waals surface area contributed by atoms with E-state index in [-0.39, 0.29) is 48.0 Å². The molecule has 0 bridgehead atoms. The van der Waals surface area contributed by atoms with Crippen LogP contribution in [-0.4, -0.2) is 32.4 Å². The van der Waals surface area contributed by atoms with Gasteiger partial charge in [0.25, 0.3) is 0 Å². The summed E-state index contributed by atoms with van der Waals surface area (Å²) in [4.78, 5) is 4.01. The highest BCUT2D eigenvalue weighted by Gasteiger charge is 2.06. The van der Waals surface area contributed by atoms with Crippen molar-refractivity contribution in [3.63, 3.8) is 0 Å². The predicted octanol–water partition coefficient (Wildman–Crippen LogP) is 2.08. The first-order valence-electron chi connectivity index (χ1n) is 6.18. The van der Waals surface area contributed by atoms with Gasteiger partial charge in [-0.05, 0) is 37.1 Å². The highest BCUT2D eigenvalue weighted by Crippen LogP contribution is 2.13. The first-order valence-corrected chi connectivity index (χ1v) is 8.01. The molecule has 0 aromatic heterocycles. The Morgan fingerprint density at radius 2 is 1.95 bits per heavy atom. The summed E-state index contributed by atoms with van der Waals surface area (Å²) < 4.78 is 22.6. The van der Waals surface area contributed by atoms with Crippen molar-refractivity contribution in [2.45, 2.75) is 20.8 Å². The van der Waals surface area contributed by atoms with Crippen LogP contribution in [0.4, 0.5) is 5.69 Å². The van der Waals surface area contributed by atoms with E-state index >= 15 is 0 Å². The summed E-state index contributed by atoms with van der Waals surface area (Å²) in [6.07, 6.45) is 0. The van der Waals surface area contributed by atoms with E-state index in [4.69, 9.17) is 5.73 Å². The number of aliphatic imine (C=N–C) groups is 1. The van der Waals surface area contributed by atoms with Gasteiger partial charge in [0.05, 0.1) is 12.3 Å². The molecule has 0 heterocycles. The molecular weight excluding hydrogens is 389 g/mol. The van der Waals surface area contributed by atoms with Crippen molar-refractivity contribution in [3.8, 4) is 0 Å². The van der Waals surface area contributed by atoms with Crippen LogP contribution in [0.2, 0.25) is 0 Å². The van der Waals surface area contributed by atoms with Crippen LogP contribution < -0.4 is 11.1 Å². The van der Waals surface area contributed by atoms with Crippen molar-refractivity contribution in [1.82, 2.24) is 0 Å². The minimum atomic E-state index is -2.99. The molecule has 0 spiro atoms. The molecular formula is C13H22IN3O2S. The Balaban J connectivity index is 0.00000361. The van der Waals surface area contributed by atoms with Gasteiger partial charge in [0.2, 0.25) is 0 Å². The van der Waals surface area contributed by atoms with E-state index in [1.54, 1.807) is 6.92 Å². The highest BCUT2D eigenvalue weighted by atomic mass is 127. The van der Waals surface area contributed by atoms with Crippen molar-refractivity contribution >= 4 is 45.5 Å². The molecule has 0 saturated heterocycles. The maximum absolute atomic E-state index is 11.3. The Hall–Kier alpha value is -0.830. The molecule has 1 aromatic rings. The molecule has 0 unspecified atom stereocenters. The zero-order valence-corrected chi connectivity index (χ0v) is 15.2. The first kappa shape index (κ1) is 19.2. The summed E-state index contributed by atoms with van der Waals surface area (Å²) in [5.41, 5.74) is 8.92. The fourth-order valence-electron chi connectivity index (χ4n) is 1.46. The number of rotatable bonds is 5. The van der Waals surface area contributed by atoms with Crippen LogP contribution in [0.1, 0.15) is 18.1 Å². The van der Waals surface area contributed by atoms with Crippen LogP contribution in [0.15, 0.2) is 23.2 Å². The van der Waals surface area contributed by atoms with Gasteiger partial charge in [-0.2, -0.15) is 0 Å². The van der Waals surface area contributed by atoms with E-state index in [9.17, 15) is 8.42 Å². The quantitative estimate of drug-likeness (QED) is 0.442. The lowest BCUT2D eigenvalue weighted by Crippen LogP contribution is -2.24. The SMILES string of the molecule is CCS(=O)(=O)CCN=C(N)Nc1ccc(C)c(C)c1.I. The zero-order chi connectivity index (χ0) is 14.5. The minimum Gasteiger partial charge on any atom is -0.370 e. The van der Waals surface area contributed by atoms with E-state index < -0.39 is 9.84 Å². The fraction of sp³-hybridized carbons (Fsp3) is 0.462. The first-order chi connectivity index (χ1) is 8.84. The summed E-state index contributed by atoms with van der Waals surface area (Å²) in [7, 11) is -2.99. The summed E-state index contributed by atoms with van der Waals surface area (Å²) >= 11 is 0. The third kappa shape index (κ3) is 6.56. The van der Waals surface area contributed by atoms with E-state index in [1.165, 1.54) is 5.56 Å². The van der Waals surface area contributed by atoms with Crippen molar-refractivity contribution in [2.75, 3.05) is 23.4 Å². The number of nitrogens with one attached hydrogen (secondary N) is 1. The highest BCUT2D eigenvalue weighted by molar-refractivity contribution is 14.0. The zero-order valence-electron chi connectivity index (χ0n) is 12.0. The van der Waals surface area contributed by atoms with E-state index in [0.717, 1.165) is 11.3 Å². The third-order valence-corrected chi connectivity index (χ3v) is 4.59. The molecule has 1 aromatic carbocycles. The van der Waals surface area contributed by atoms with Crippen LogP contribution in [0, 0.1) is 13.8 Å². The molecule has 0 aliphatic carbocycles. The molecule has 7 heteroatoms. The molecule has 0 aliphatic rings. The summed E-state index contributed by atoms with van der Waals surface area (Å²) in [5.74, 6) is 0.390. The van der Waals surface area contributed by atoms with Gasteiger partial charge in [-0.25, -0.2) is 8.42 Å². The lowest BCUT2D eigenvalue weighted by atomic mass is 10.1. The molecule has 0 atom stereocenters. The number of nitrogens with zero attached hydrogens (tertiary/aromatic N) is 1. The van der Waals surface area contributed by atoms with E-state index in [1.807, 2.05) is 32.0 Å². The number of halogens is 1. The summed E-state index contributed by atoms with van der Waals surface area (Å²) in [5, 5.41) is 2.95. The normalized spacial score (nSPS) is 11.8. The standard InChI is InChI=1S/C13H21N3O2S.HI/c1-4-19(17,18)8-7-15-13(14)16-12-6-5-10(2)11(3)9-12;/h5-6,9H,4,7-8H2,1-3H3,(H3,14,15,16);1H. The maximum atomic E-state index is 11.3. The monoisotopic (exact) mass is 411 g/mol. The van der Waals surface area contributed by atoms with Gasteiger partial charge in [0.1, 0.15) is 0 Å². The fourth-order valence-corrected chi connectivity index (χ4v) is 2.11. The summed E-state index contributed by atoms with van der Waals surface area (Å²) in [6, 6.07) is 5.88. The number of aryl methyl sites for hydroxylation is 2. The van der Waals surface area contributed by atoms with Crippen molar-refractivity contribution in [3.05, 3.63) is 29.3 Å². The van der Waals surface area contributed by atoms with Gasteiger partial charge >= 0.3 is 0 Å². The van der Waals surface area contributed by atoms with Crippen LogP contribution in [-0.2, 0) is 9.84 Å². The van der Waals surface area contributed by atoms with Gasteiger partial charge < -0.3 is 11.1 Å². The number of hydrogen-bond donors (Lipinski definition) is 2. The van der Waals surface area contributed by atoms with E-state index in [0.29, 0.717) is 0 Å². The average molecular weight is 411 g/mol. The second-order valence-corrected chi connectivity index (χ2v) is 6.90. The van der Waals surface area contributed by atoms with Gasteiger partial charge in [0.15, 0.2) is 15.8 Å². The van der Waals surface area contributed by atoms with Crippen LogP contribution in [0.25, 0.3) is 0 Å². The Labute approximate surface area is 138 Å². The molecule has 0 aliphatic heterocycles. The molecule has 5 nitrogen and oxygen atoms in total. The second kappa shape index (κ2) is 8.46. The largest absolute Gasteiger partial charge is 0.370 e. The number of nitrogens with two attached hydrogens (primary N) is 1. The van der Waals surface area contributed by atoms with E-state index in [2.05, 4.69) is 10.3 Å². The van der Waals surface area contributed by atoms with Gasteiger partial charge in [-0.3, -0.25) is 4.99 Å². The lowest BCUT2D eigenvalue weighted by Gasteiger charge is -2.08. The van der Waals surface area contributed by atoms with Crippen LogP contribution >= 0.6 is 24.0 Å². The lowest BCUT2D eigenvalue weighted by molar-refractivity contribution is 0.597. The number of anilines is 1. The molecule has 0 fully saturated rings. The van der Waals surface area contributed by atoms with Gasteiger partial charge in [0, 0.05) is 11.4 Å². The Morgan fingerprint density at radius 1 is 1.30 bits per heavy atom. The Morgan fingerprint density at radius 3 is 2.50 bits per heavy atom. The molecule has 3 N–H and O–H groups in total. The van der Waals surface area contributed by atoms with Crippen molar-refractivity contribution in [2.24, 2.45) is 10.7 Å². The van der Waals surface area contributed by atoms with Crippen molar-refractivity contribution in [1.29, 1.82) is 0 Å². The Bertz CT molecular complexity index is 571. The predicted molar refractivity (Wildman–Crippen MR) is 95.8 cm³/mol. The molecule has 0 radical (unpaired) electrons. The number of hydrogen-bond acceptors (Lipinski definition) is 3. The van der Waals surface area contributed by atoms with Crippen molar-refractivity contribution < 1.29 is 8.42 Å².